The summed E-state index contributed by atoms with van der Waals surface area (Å²) < 4.78 is 5.53. The number of ether oxygens (including phenoxy) is 1. The summed E-state index contributed by atoms with van der Waals surface area (Å²) in [7, 11) is 1.73. The minimum Gasteiger partial charge on any atom is -0.496 e. The molecule has 1 nitrogen and oxygen atoms in total. The molecule has 0 saturated heterocycles. The van der Waals surface area contributed by atoms with Crippen molar-refractivity contribution < 1.29 is 4.74 Å². The fourth-order valence-electron chi connectivity index (χ4n) is 2.76. The predicted molar refractivity (Wildman–Crippen MR) is 75.4 cm³/mol. The van der Waals surface area contributed by atoms with Gasteiger partial charge < -0.3 is 4.74 Å². The molecule has 0 heterocycles. The van der Waals surface area contributed by atoms with Crippen molar-refractivity contribution in [2.45, 2.75) is 51.8 Å². The topological polar surface area (TPSA) is 9.23 Å². The van der Waals surface area contributed by atoms with Crippen molar-refractivity contribution in [2.24, 2.45) is 0 Å². The summed E-state index contributed by atoms with van der Waals surface area (Å²) in [5.74, 6) is 0.977. The third-order valence-corrected chi connectivity index (χ3v) is 3.29. The Balaban J connectivity index is 3.28. The molecule has 0 N–H and O–H groups in total. The lowest BCUT2D eigenvalue weighted by Gasteiger charge is -2.30. The van der Waals surface area contributed by atoms with Crippen LogP contribution >= 0.6 is 11.6 Å². The maximum Gasteiger partial charge on any atom is 0.123 e. The average molecular weight is 255 g/mol. The molecule has 0 radical (unpaired) electrons. The maximum atomic E-state index is 6.15. The fraction of sp³-hybridized carbons (Fsp3) is 0.600. The van der Waals surface area contributed by atoms with Crippen molar-refractivity contribution in [3.63, 3.8) is 0 Å². The molecule has 0 aliphatic rings. The lowest BCUT2D eigenvalue weighted by atomic mass is 9.77. The fourth-order valence-corrected chi connectivity index (χ4v) is 3.15. The zero-order valence-electron chi connectivity index (χ0n) is 11.7. The van der Waals surface area contributed by atoms with Crippen LogP contribution in [0.5, 0.6) is 5.75 Å². The SMILES string of the molecule is COc1cc(C)cc(C)c1C(C)(C)CC(C)Cl. The van der Waals surface area contributed by atoms with Crippen LogP contribution in [-0.2, 0) is 5.41 Å². The molecule has 1 atom stereocenters. The molecule has 0 aliphatic heterocycles. The number of benzene rings is 1. The van der Waals surface area contributed by atoms with Crippen molar-refractivity contribution in [2.75, 3.05) is 7.11 Å². The van der Waals surface area contributed by atoms with Gasteiger partial charge in [-0.3, -0.25) is 0 Å². The van der Waals surface area contributed by atoms with E-state index in [0.717, 1.165) is 12.2 Å². The van der Waals surface area contributed by atoms with Gasteiger partial charge >= 0.3 is 0 Å². The highest BCUT2D eigenvalue weighted by Crippen LogP contribution is 2.39. The van der Waals surface area contributed by atoms with E-state index in [1.807, 2.05) is 6.92 Å². The lowest BCUT2D eigenvalue weighted by molar-refractivity contribution is 0.383. The van der Waals surface area contributed by atoms with Crippen LogP contribution < -0.4 is 4.74 Å². The minimum atomic E-state index is 0.0320. The summed E-state index contributed by atoms with van der Waals surface area (Å²) in [6.45, 7) is 10.7. The van der Waals surface area contributed by atoms with Gasteiger partial charge in [-0.05, 0) is 49.8 Å². The smallest absolute Gasteiger partial charge is 0.123 e. The summed E-state index contributed by atoms with van der Waals surface area (Å²) in [6, 6.07) is 4.31. The first kappa shape index (κ1) is 14.4. The van der Waals surface area contributed by atoms with Gasteiger partial charge in [-0.25, -0.2) is 0 Å². The summed E-state index contributed by atoms with van der Waals surface area (Å²) in [5.41, 5.74) is 3.82. The van der Waals surface area contributed by atoms with Crippen LogP contribution in [0.1, 0.15) is 43.9 Å². The molecule has 0 aliphatic carbocycles. The Morgan fingerprint density at radius 1 is 1.29 bits per heavy atom. The first-order valence-electron chi connectivity index (χ1n) is 6.07. The molecule has 1 unspecified atom stereocenters. The highest BCUT2D eigenvalue weighted by Gasteiger charge is 2.28. The molecule has 17 heavy (non-hydrogen) atoms. The van der Waals surface area contributed by atoms with Crippen LogP contribution in [-0.4, -0.2) is 12.5 Å². The largest absolute Gasteiger partial charge is 0.496 e. The van der Waals surface area contributed by atoms with Crippen LogP contribution in [0.25, 0.3) is 0 Å². The first-order valence-corrected chi connectivity index (χ1v) is 6.51. The quantitative estimate of drug-likeness (QED) is 0.713. The Hall–Kier alpha value is -0.690. The minimum absolute atomic E-state index is 0.0320. The van der Waals surface area contributed by atoms with Gasteiger partial charge in [-0.1, -0.05) is 19.9 Å². The Labute approximate surface area is 110 Å². The molecule has 1 rings (SSSR count). The van der Waals surface area contributed by atoms with Gasteiger partial charge in [0.1, 0.15) is 5.75 Å². The lowest BCUT2D eigenvalue weighted by Crippen LogP contribution is -2.23. The van der Waals surface area contributed by atoms with Crippen molar-refractivity contribution in [3.05, 3.63) is 28.8 Å². The van der Waals surface area contributed by atoms with Crippen molar-refractivity contribution in [1.29, 1.82) is 0 Å². The van der Waals surface area contributed by atoms with Crippen molar-refractivity contribution >= 4 is 11.6 Å². The van der Waals surface area contributed by atoms with E-state index in [1.54, 1.807) is 7.11 Å². The number of halogens is 1. The molecule has 1 aromatic rings. The van der Waals surface area contributed by atoms with E-state index >= 15 is 0 Å². The van der Waals surface area contributed by atoms with Gasteiger partial charge in [0.2, 0.25) is 0 Å². The first-order chi connectivity index (χ1) is 7.77. The molecular formula is C15H23ClO. The number of methoxy groups -OCH3 is 1. The number of aryl methyl sites for hydroxylation is 2. The van der Waals surface area contributed by atoms with Gasteiger partial charge in [0.05, 0.1) is 7.11 Å². The Morgan fingerprint density at radius 3 is 2.35 bits per heavy atom. The van der Waals surface area contributed by atoms with Gasteiger partial charge in [0.25, 0.3) is 0 Å². The van der Waals surface area contributed by atoms with Crippen LogP contribution in [0.3, 0.4) is 0 Å². The monoisotopic (exact) mass is 254 g/mol. The second kappa shape index (κ2) is 5.30. The molecular weight excluding hydrogens is 232 g/mol. The molecule has 2 heteroatoms. The van der Waals surface area contributed by atoms with Gasteiger partial charge in [0.15, 0.2) is 0 Å². The van der Waals surface area contributed by atoms with E-state index in [1.165, 1.54) is 16.7 Å². The van der Waals surface area contributed by atoms with Crippen LogP contribution in [0.4, 0.5) is 0 Å². The molecule has 1 aromatic carbocycles. The normalized spacial score (nSPS) is 13.6. The molecule has 0 saturated carbocycles. The third kappa shape index (κ3) is 3.38. The predicted octanol–water partition coefficient (Wildman–Crippen LogP) is 4.61. The molecule has 96 valence electrons. The zero-order chi connectivity index (χ0) is 13.2. The van der Waals surface area contributed by atoms with E-state index in [2.05, 4.69) is 39.8 Å². The van der Waals surface area contributed by atoms with E-state index < -0.39 is 0 Å². The van der Waals surface area contributed by atoms with E-state index in [9.17, 15) is 0 Å². The zero-order valence-corrected chi connectivity index (χ0v) is 12.5. The Morgan fingerprint density at radius 2 is 1.88 bits per heavy atom. The number of alkyl halides is 1. The number of hydrogen-bond donors (Lipinski definition) is 0. The standard InChI is InChI=1S/C15H23ClO/c1-10-7-11(2)14(13(8-10)17-6)15(4,5)9-12(3)16/h7-8,12H,9H2,1-6H3. The Kier molecular flexibility index (Phi) is 4.48. The second-order valence-corrected chi connectivity index (χ2v) is 6.27. The second-order valence-electron chi connectivity index (χ2n) is 5.53. The molecule has 0 aromatic heterocycles. The molecule has 0 amide bonds. The highest BCUT2D eigenvalue weighted by atomic mass is 35.5. The molecule has 0 bridgehead atoms. The average Bonchev–Trinajstić information content (AvgIpc) is 2.13. The summed E-state index contributed by atoms with van der Waals surface area (Å²) >= 11 is 6.15. The van der Waals surface area contributed by atoms with Crippen LogP contribution in [0, 0.1) is 13.8 Å². The van der Waals surface area contributed by atoms with Gasteiger partial charge in [0, 0.05) is 10.9 Å². The van der Waals surface area contributed by atoms with Gasteiger partial charge in [-0.2, -0.15) is 0 Å². The maximum absolute atomic E-state index is 6.15. The molecule has 0 spiro atoms. The van der Waals surface area contributed by atoms with E-state index in [4.69, 9.17) is 16.3 Å². The van der Waals surface area contributed by atoms with Crippen molar-refractivity contribution in [3.8, 4) is 5.75 Å². The van der Waals surface area contributed by atoms with E-state index in [0.29, 0.717) is 0 Å². The van der Waals surface area contributed by atoms with Crippen LogP contribution in [0.2, 0.25) is 0 Å². The summed E-state index contributed by atoms with van der Waals surface area (Å²) in [4.78, 5) is 0. The Bertz CT molecular complexity index is 394. The van der Waals surface area contributed by atoms with E-state index in [-0.39, 0.29) is 10.8 Å². The summed E-state index contributed by atoms with van der Waals surface area (Å²) in [6.07, 6.45) is 0.939. The van der Waals surface area contributed by atoms with Crippen molar-refractivity contribution in [1.82, 2.24) is 0 Å². The van der Waals surface area contributed by atoms with Crippen LogP contribution in [0.15, 0.2) is 12.1 Å². The highest BCUT2D eigenvalue weighted by molar-refractivity contribution is 6.20. The number of rotatable bonds is 4. The van der Waals surface area contributed by atoms with Gasteiger partial charge in [-0.15, -0.1) is 11.6 Å². The molecule has 0 fully saturated rings. The number of hydrogen-bond acceptors (Lipinski definition) is 1. The summed E-state index contributed by atoms with van der Waals surface area (Å²) in [5, 5.41) is 0.162. The third-order valence-electron chi connectivity index (χ3n) is 3.13.